The molecule has 2 N–H and O–H groups in total. The van der Waals surface area contributed by atoms with Gasteiger partial charge in [-0.05, 0) is 30.7 Å². The minimum absolute atomic E-state index is 0.182. The summed E-state index contributed by atoms with van der Waals surface area (Å²) in [6.45, 7) is 2.34. The van der Waals surface area contributed by atoms with Crippen LogP contribution in [0.25, 0.3) is 0 Å². The second-order valence-electron chi connectivity index (χ2n) is 9.11. The quantitative estimate of drug-likeness (QED) is 0.561. The van der Waals surface area contributed by atoms with Crippen LogP contribution in [0, 0.1) is 0 Å². The van der Waals surface area contributed by atoms with E-state index in [0.717, 1.165) is 30.2 Å². The molecule has 3 aliphatic heterocycles. The number of piperazine rings is 1. The van der Waals surface area contributed by atoms with Crippen LogP contribution in [-0.4, -0.2) is 61.9 Å². The Kier molecular flexibility index (Phi) is 5.38. The van der Waals surface area contributed by atoms with Crippen LogP contribution in [-0.2, 0) is 0 Å². The van der Waals surface area contributed by atoms with Crippen LogP contribution < -0.4 is 30.1 Å². The van der Waals surface area contributed by atoms with Crippen molar-refractivity contribution >= 4 is 46.3 Å². The van der Waals surface area contributed by atoms with Crippen molar-refractivity contribution in [2.75, 3.05) is 53.9 Å². The molecule has 9 nitrogen and oxygen atoms in total. The maximum Gasteiger partial charge on any atom is 0.265 e. The molecule has 0 saturated carbocycles. The molecule has 0 radical (unpaired) electrons. The van der Waals surface area contributed by atoms with E-state index in [0.29, 0.717) is 46.8 Å². The van der Waals surface area contributed by atoms with Crippen LogP contribution >= 0.6 is 11.6 Å². The molecule has 2 unspecified atom stereocenters. The van der Waals surface area contributed by atoms with E-state index in [1.807, 2.05) is 42.3 Å². The summed E-state index contributed by atoms with van der Waals surface area (Å²) in [5.41, 5.74) is 3.00. The van der Waals surface area contributed by atoms with E-state index in [9.17, 15) is 4.79 Å². The molecule has 2 bridgehead atoms. The third-order valence-corrected chi connectivity index (χ3v) is 7.22. The molecule has 3 aliphatic rings. The van der Waals surface area contributed by atoms with Gasteiger partial charge in [-0.25, -0.2) is 4.98 Å². The van der Waals surface area contributed by atoms with E-state index in [-0.39, 0.29) is 5.91 Å². The number of anilines is 5. The first-order valence-electron chi connectivity index (χ1n) is 11.6. The number of carbonyl (C=O) groups excluding carboxylic acids is 1. The number of nitrogens with zero attached hydrogens (tertiary/aromatic N) is 5. The van der Waals surface area contributed by atoms with Gasteiger partial charge in [0, 0.05) is 50.2 Å². The predicted octanol–water partition coefficient (Wildman–Crippen LogP) is 3.49. The number of aromatic nitrogens is 2. The van der Waals surface area contributed by atoms with Crippen LogP contribution in [0.2, 0.25) is 5.02 Å². The van der Waals surface area contributed by atoms with E-state index in [1.165, 1.54) is 6.42 Å². The van der Waals surface area contributed by atoms with Gasteiger partial charge < -0.3 is 25.2 Å². The van der Waals surface area contributed by atoms with E-state index < -0.39 is 0 Å². The van der Waals surface area contributed by atoms with Crippen molar-refractivity contribution < 1.29 is 9.53 Å². The number of hydrogen-bond donors (Lipinski definition) is 2. The van der Waals surface area contributed by atoms with E-state index in [4.69, 9.17) is 16.3 Å². The van der Waals surface area contributed by atoms with Gasteiger partial charge in [-0.3, -0.25) is 9.69 Å². The molecular formula is C25H26ClN7O2. The number of benzene rings is 2. The van der Waals surface area contributed by atoms with Crippen LogP contribution in [0.1, 0.15) is 16.8 Å². The smallest absolute Gasteiger partial charge is 0.265 e. The van der Waals surface area contributed by atoms with Crippen LogP contribution in [0.5, 0.6) is 5.75 Å². The molecule has 0 spiro atoms. The largest absolute Gasteiger partial charge is 0.495 e. The number of fused-ring (bicyclic) bond motifs is 3. The van der Waals surface area contributed by atoms with Crippen LogP contribution in [0.4, 0.5) is 28.8 Å². The number of carbonyl (C=O) groups is 1. The van der Waals surface area contributed by atoms with Crippen molar-refractivity contribution in [1.82, 2.24) is 15.3 Å². The second-order valence-corrected chi connectivity index (χ2v) is 9.52. The van der Waals surface area contributed by atoms with Crippen LogP contribution in [0.15, 0.2) is 48.7 Å². The van der Waals surface area contributed by atoms with Crippen molar-refractivity contribution in [2.24, 2.45) is 0 Å². The van der Waals surface area contributed by atoms with Gasteiger partial charge in [-0.1, -0.05) is 23.7 Å². The fourth-order valence-electron chi connectivity index (χ4n) is 5.20. The SMILES string of the molecule is COc1cc(Nc2ncc3c(n2)N(C)CN(c2ccccc2Cl)C3=O)ccc1N1CC2CC1CN2. The van der Waals surface area contributed by atoms with Gasteiger partial charge >= 0.3 is 0 Å². The second kappa shape index (κ2) is 8.58. The molecule has 2 aromatic carbocycles. The van der Waals surface area contributed by atoms with Crippen LogP contribution in [0.3, 0.4) is 0 Å². The molecule has 4 heterocycles. The zero-order chi connectivity index (χ0) is 24.1. The lowest BCUT2D eigenvalue weighted by molar-refractivity contribution is 0.0982. The Morgan fingerprint density at radius 3 is 2.80 bits per heavy atom. The molecule has 35 heavy (non-hydrogen) atoms. The number of halogens is 1. The Bertz CT molecular complexity index is 1300. The summed E-state index contributed by atoms with van der Waals surface area (Å²) in [6, 6.07) is 14.4. The van der Waals surface area contributed by atoms with E-state index in [2.05, 4.69) is 31.6 Å². The fraction of sp³-hybridized carbons (Fsp3) is 0.320. The molecule has 10 heteroatoms. The molecule has 1 aromatic heterocycles. The standard InChI is InChI=1S/C25H26ClN7O2/c1-31-14-33(20-6-4-3-5-19(20)26)24(34)18-12-28-25(30-23(18)31)29-15-7-8-21(22(10-15)35-2)32-13-16-9-17(32)11-27-16/h3-8,10,12,16-17,27H,9,11,13-14H2,1-2H3,(H,28,29,30). The third kappa shape index (κ3) is 3.81. The third-order valence-electron chi connectivity index (χ3n) is 6.90. The Morgan fingerprint density at radius 1 is 1.20 bits per heavy atom. The summed E-state index contributed by atoms with van der Waals surface area (Å²) in [5.74, 6) is 1.61. The number of nitrogens with one attached hydrogen (secondary N) is 2. The van der Waals surface area contributed by atoms with Crippen molar-refractivity contribution in [3.8, 4) is 5.75 Å². The Hall–Kier alpha value is -3.56. The minimum atomic E-state index is -0.182. The van der Waals surface area contributed by atoms with Gasteiger partial charge in [0.1, 0.15) is 17.1 Å². The Balaban J connectivity index is 1.24. The lowest BCUT2D eigenvalue weighted by Crippen LogP contribution is -2.46. The molecular weight excluding hydrogens is 466 g/mol. The summed E-state index contributed by atoms with van der Waals surface area (Å²) >= 11 is 6.34. The number of rotatable bonds is 5. The fourth-order valence-corrected chi connectivity index (χ4v) is 5.44. The number of amides is 1. The highest BCUT2D eigenvalue weighted by Gasteiger charge is 2.38. The minimum Gasteiger partial charge on any atom is -0.495 e. The lowest BCUT2D eigenvalue weighted by atomic mass is 10.2. The normalized spacial score (nSPS) is 20.9. The van der Waals surface area contributed by atoms with Gasteiger partial charge in [-0.2, -0.15) is 4.98 Å². The zero-order valence-corrected chi connectivity index (χ0v) is 20.3. The number of hydrogen-bond acceptors (Lipinski definition) is 8. The van der Waals surface area contributed by atoms with Crippen molar-refractivity contribution in [1.29, 1.82) is 0 Å². The Labute approximate surface area is 208 Å². The lowest BCUT2D eigenvalue weighted by Gasteiger charge is -2.35. The number of para-hydroxylation sites is 1. The molecule has 1 amide bonds. The van der Waals surface area contributed by atoms with Gasteiger partial charge in [0.2, 0.25) is 5.95 Å². The average Bonchev–Trinajstić information content (AvgIpc) is 3.51. The van der Waals surface area contributed by atoms with Gasteiger partial charge in [-0.15, -0.1) is 0 Å². The number of methoxy groups -OCH3 is 1. The van der Waals surface area contributed by atoms with Crippen molar-refractivity contribution in [3.05, 3.63) is 59.2 Å². The maximum absolute atomic E-state index is 13.2. The monoisotopic (exact) mass is 491 g/mol. The maximum atomic E-state index is 13.2. The number of ether oxygens (including phenoxy) is 1. The Morgan fingerprint density at radius 2 is 2.06 bits per heavy atom. The average molecular weight is 492 g/mol. The predicted molar refractivity (Wildman–Crippen MR) is 137 cm³/mol. The topological polar surface area (TPSA) is 85.9 Å². The molecule has 180 valence electrons. The molecule has 6 rings (SSSR count). The summed E-state index contributed by atoms with van der Waals surface area (Å²) in [6.07, 6.45) is 2.73. The highest BCUT2D eigenvalue weighted by molar-refractivity contribution is 6.34. The van der Waals surface area contributed by atoms with Crippen molar-refractivity contribution in [2.45, 2.75) is 18.5 Å². The molecule has 2 atom stereocenters. The van der Waals surface area contributed by atoms with Gasteiger partial charge in [0.25, 0.3) is 5.91 Å². The first kappa shape index (κ1) is 21.9. The molecule has 2 fully saturated rings. The van der Waals surface area contributed by atoms with Gasteiger partial charge in [0.15, 0.2) is 0 Å². The molecule has 3 aromatic rings. The first-order valence-corrected chi connectivity index (χ1v) is 12.0. The highest BCUT2D eigenvalue weighted by atomic mass is 35.5. The van der Waals surface area contributed by atoms with E-state index in [1.54, 1.807) is 24.3 Å². The van der Waals surface area contributed by atoms with Gasteiger partial charge in [0.05, 0.1) is 30.2 Å². The van der Waals surface area contributed by atoms with Crippen molar-refractivity contribution in [3.63, 3.8) is 0 Å². The molecule has 2 saturated heterocycles. The molecule has 0 aliphatic carbocycles. The summed E-state index contributed by atoms with van der Waals surface area (Å²) < 4.78 is 5.72. The first-order chi connectivity index (χ1) is 17.0. The zero-order valence-electron chi connectivity index (χ0n) is 19.5. The summed E-state index contributed by atoms with van der Waals surface area (Å²) in [5, 5.41) is 7.32. The van der Waals surface area contributed by atoms with E-state index >= 15 is 0 Å². The summed E-state index contributed by atoms with van der Waals surface area (Å²) in [7, 11) is 3.58. The summed E-state index contributed by atoms with van der Waals surface area (Å²) in [4.78, 5) is 28.2. The highest BCUT2D eigenvalue weighted by Crippen LogP contribution is 2.38.